The van der Waals surface area contributed by atoms with Crippen molar-refractivity contribution in [2.45, 2.75) is 42.3 Å². The first-order valence-corrected chi connectivity index (χ1v) is 15.3. The monoisotopic (exact) mass is 606 g/mol. The number of carbonyl (C=O) groups is 2. The number of carbonyl (C=O) groups excluding carboxylic acids is 2. The summed E-state index contributed by atoms with van der Waals surface area (Å²) in [6.45, 7) is 2.68. The SMILES string of the molecule is CCCCCOc1cccc(C2C(=C(O)c3ccncc3)C(=O)C(=O)N2c2nnc(SCc3ccccc3Cl)s2)c1. The summed E-state index contributed by atoms with van der Waals surface area (Å²) in [6, 6.07) is 17.0. The van der Waals surface area contributed by atoms with Gasteiger partial charge in [0.1, 0.15) is 11.5 Å². The van der Waals surface area contributed by atoms with E-state index in [-0.39, 0.29) is 16.5 Å². The molecule has 2 aromatic heterocycles. The molecule has 1 atom stereocenters. The lowest BCUT2D eigenvalue weighted by Crippen LogP contribution is -2.29. The molecule has 1 fully saturated rings. The van der Waals surface area contributed by atoms with E-state index in [1.165, 1.54) is 40.4 Å². The van der Waals surface area contributed by atoms with E-state index in [0.29, 0.717) is 38.6 Å². The molecule has 1 aliphatic rings. The number of Topliss-reactive ketones (excluding diaryl/α,β-unsaturated/α-hetero) is 1. The highest BCUT2D eigenvalue weighted by atomic mass is 35.5. The zero-order valence-corrected chi connectivity index (χ0v) is 24.6. The topological polar surface area (TPSA) is 106 Å². The van der Waals surface area contributed by atoms with Crippen LogP contribution in [0, 0.1) is 0 Å². The van der Waals surface area contributed by atoms with Gasteiger partial charge in [-0.25, -0.2) is 0 Å². The van der Waals surface area contributed by atoms with Crippen LogP contribution in [0.5, 0.6) is 5.75 Å². The number of benzene rings is 2. The van der Waals surface area contributed by atoms with Gasteiger partial charge in [-0.15, -0.1) is 10.2 Å². The largest absolute Gasteiger partial charge is 0.507 e. The Hall–Kier alpha value is -3.73. The van der Waals surface area contributed by atoms with Crippen LogP contribution in [0.1, 0.15) is 48.9 Å². The van der Waals surface area contributed by atoms with Crippen molar-refractivity contribution in [3.8, 4) is 5.75 Å². The number of hydrogen-bond donors (Lipinski definition) is 1. The Morgan fingerprint density at radius 2 is 1.88 bits per heavy atom. The Balaban J connectivity index is 1.51. The van der Waals surface area contributed by atoms with Crippen molar-refractivity contribution in [1.82, 2.24) is 15.2 Å². The molecule has 1 amide bonds. The summed E-state index contributed by atoms with van der Waals surface area (Å²) in [5.41, 5.74) is 1.89. The summed E-state index contributed by atoms with van der Waals surface area (Å²) in [7, 11) is 0. The maximum atomic E-state index is 13.5. The number of aliphatic hydroxyl groups excluding tert-OH is 1. The Bertz CT molecular complexity index is 1580. The van der Waals surface area contributed by atoms with Gasteiger partial charge in [-0.1, -0.05) is 84.8 Å². The molecule has 4 aromatic rings. The molecule has 1 aliphatic heterocycles. The van der Waals surface area contributed by atoms with Crippen LogP contribution in [-0.2, 0) is 15.3 Å². The third kappa shape index (κ3) is 6.45. The molecule has 2 aromatic carbocycles. The summed E-state index contributed by atoms with van der Waals surface area (Å²) in [6.07, 6.45) is 6.07. The number of halogens is 1. The molecule has 210 valence electrons. The number of unbranched alkanes of at least 4 members (excludes halogenated alkanes) is 2. The first kappa shape index (κ1) is 28.8. The van der Waals surface area contributed by atoms with Gasteiger partial charge in [0, 0.05) is 28.7 Å². The first-order valence-electron chi connectivity index (χ1n) is 13.1. The van der Waals surface area contributed by atoms with E-state index in [0.717, 1.165) is 24.8 Å². The number of aromatic nitrogens is 3. The van der Waals surface area contributed by atoms with E-state index >= 15 is 0 Å². The van der Waals surface area contributed by atoms with Crippen LogP contribution in [0.15, 0.2) is 83.0 Å². The average molecular weight is 607 g/mol. The fraction of sp³-hybridized carbons (Fsp3) is 0.233. The molecule has 1 unspecified atom stereocenters. The molecule has 0 saturated carbocycles. The minimum absolute atomic E-state index is 0.0372. The summed E-state index contributed by atoms with van der Waals surface area (Å²) in [5.74, 6) is -0.708. The molecule has 41 heavy (non-hydrogen) atoms. The standard InChI is InChI=1S/C30H27ClN4O4S2/c1-2-3-6-16-39-22-10-7-9-20(17-22)25-24(26(36)19-12-14-32-15-13-19)27(37)28(38)35(25)29-33-34-30(41-29)40-18-21-8-4-5-11-23(21)31/h4-5,7-15,17,25,36H,2-3,6,16,18H2,1H3. The molecular formula is C30H27ClN4O4S2. The van der Waals surface area contributed by atoms with Crippen LogP contribution < -0.4 is 9.64 Å². The number of nitrogens with zero attached hydrogens (tertiary/aromatic N) is 4. The van der Waals surface area contributed by atoms with Gasteiger partial charge < -0.3 is 9.84 Å². The van der Waals surface area contributed by atoms with Crippen LogP contribution in [-0.4, -0.2) is 38.6 Å². The van der Waals surface area contributed by atoms with E-state index in [9.17, 15) is 14.7 Å². The molecule has 0 bridgehead atoms. The molecular weight excluding hydrogens is 580 g/mol. The summed E-state index contributed by atoms with van der Waals surface area (Å²) >= 11 is 8.93. The van der Waals surface area contributed by atoms with Gasteiger partial charge in [0.15, 0.2) is 4.34 Å². The molecule has 0 spiro atoms. The quantitative estimate of drug-likeness (QED) is 0.0482. The molecule has 0 radical (unpaired) electrons. The van der Waals surface area contributed by atoms with Gasteiger partial charge in [-0.3, -0.25) is 19.5 Å². The number of ketones is 1. The Morgan fingerprint density at radius 1 is 1.07 bits per heavy atom. The molecule has 8 nitrogen and oxygen atoms in total. The molecule has 11 heteroatoms. The van der Waals surface area contributed by atoms with Crippen molar-refractivity contribution >= 4 is 57.3 Å². The predicted molar refractivity (Wildman–Crippen MR) is 161 cm³/mol. The number of pyridine rings is 1. The first-order chi connectivity index (χ1) is 20.0. The Labute approximate surface area is 251 Å². The Kier molecular flexibility index (Phi) is 9.33. The van der Waals surface area contributed by atoms with Crippen molar-refractivity contribution in [2.24, 2.45) is 0 Å². The highest BCUT2D eigenvalue weighted by Crippen LogP contribution is 2.44. The van der Waals surface area contributed by atoms with Crippen molar-refractivity contribution in [1.29, 1.82) is 0 Å². The van der Waals surface area contributed by atoms with Gasteiger partial charge in [-0.05, 0) is 47.9 Å². The van der Waals surface area contributed by atoms with Crippen LogP contribution in [0.3, 0.4) is 0 Å². The highest BCUT2D eigenvalue weighted by molar-refractivity contribution is 8.00. The second-order valence-electron chi connectivity index (χ2n) is 9.26. The van der Waals surface area contributed by atoms with Crippen LogP contribution >= 0.6 is 34.7 Å². The van der Waals surface area contributed by atoms with E-state index < -0.39 is 17.7 Å². The normalized spacial score (nSPS) is 16.3. The van der Waals surface area contributed by atoms with E-state index in [1.54, 1.807) is 24.3 Å². The smallest absolute Gasteiger partial charge is 0.301 e. The third-order valence-corrected chi connectivity index (χ3v) is 8.97. The summed E-state index contributed by atoms with van der Waals surface area (Å²) < 4.78 is 6.57. The van der Waals surface area contributed by atoms with Gasteiger partial charge in [-0.2, -0.15) is 0 Å². The number of hydrogen-bond acceptors (Lipinski definition) is 9. The second kappa shape index (κ2) is 13.3. The molecule has 5 rings (SSSR count). The number of rotatable bonds is 11. The number of ether oxygens (including phenoxy) is 1. The number of anilines is 1. The molecule has 0 aliphatic carbocycles. The maximum Gasteiger partial charge on any atom is 0.301 e. The number of amides is 1. The van der Waals surface area contributed by atoms with Crippen molar-refractivity contribution in [3.63, 3.8) is 0 Å². The minimum atomic E-state index is -0.934. The lowest BCUT2D eigenvalue weighted by molar-refractivity contribution is -0.132. The number of aliphatic hydroxyl groups is 1. The molecule has 1 saturated heterocycles. The molecule has 3 heterocycles. The fourth-order valence-corrected chi connectivity index (χ4v) is 6.59. The lowest BCUT2D eigenvalue weighted by Gasteiger charge is -2.23. The zero-order chi connectivity index (χ0) is 28.8. The van der Waals surface area contributed by atoms with Crippen molar-refractivity contribution in [3.05, 3.63) is 100 Å². The average Bonchev–Trinajstić information content (AvgIpc) is 3.57. The summed E-state index contributed by atoms with van der Waals surface area (Å²) in [5, 5.41) is 20.7. The van der Waals surface area contributed by atoms with Gasteiger partial charge in [0.05, 0.1) is 18.2 Å². The van der Waals surface area contributed by atoms with E-state index in [1.807, 2.05) is 36.4 Å². The summed E-state index contributed by atoms with van der Waals surface area (Å²) in [4.78, 5) is 32.2. The molecule has 1 N–H and O–H groups in total. The van der Waals surface area contributed by atoms with Crippen LogP contribution in [0.25, 0.3) is 5.76 Å². The van der Waals surface area contributed by atoms with Gasteiger partial charge in [0.25, 0.3) is 5.78 Å². The van der Waals surface area contributed by atoms with Gasteiger partial charge in [0.2, 0.25) is 5.13 Å². The number of thioether (sulfide) groups is 1. The van der Waals surface area contributed by atoms with E-state index in [2.05, 4.69) is 22.1 Å². The second-order valence-corrected chi connectivity index (χ2v) is 11.8. The minimum Gasteiger partial charge on any atom is -0.507 e. The Morgan fingerprint density at radius 3 is 2.66 bits per heavy atom. The highest BCUT2D eigenvalue weighted by Gasteiger charge is 2.48. The fourth-order valence-electron chi connectivity index (χ4n) is 4.44. The predicted octanol–water partition coefficient (Wildman–Crippen LogP) is 7.07. The van der Waals surface area contributed by atoms with Crippen LogP contribution in [0.2, 0.25) is 5.02 Å². The van der Waals surface area contributed by atoms with Gasteiger partial charge >= 0.3 is 5.91 Å². The lowest BCUT2D eigenvalue weighted by atomic mass is 9.95. The zero-order valence-electron chi connectivity index (χ0n) is 22.2. The maximum absolute atomic E-state index is 13.5. The van der Waals surface area contributed by atoms with Crippen molar-refractivity contribution in [2.75, 3.05) is 11.5 Å². The van der Waals surface area contributed by atoms with Crippen molar-refractivity contribution < 1.29 is 19.4 Å². The van der Waals surface area contributed by atoms with Crippen LogP contribution in [0.4, 0.5) is 5.13 Å². The third-order valence-electron chi connectivity index (χ3n) is 6.50. The van der Waals surface area contributed by atoms with E-state index in [4.69, 9.17) is 16.3 Å².